The van der Waals surface area contributed by atoms with Crippen LogP contribution in [0.3, 0.4) is 0 Å². The van der Waals surface area contributed by atoms with Crippen molar-refractivity contribution in [3.05, 3.63) is 46.2 Å². The highest BCUT2D eigenvalue weighted by Gasteiger charge is 2.10. The average molecular weight is 364 g/mol. The van der Waals surface area contributed by atoms with Crippen molar-refractivity contribution in [2.24, 2.45) is 0 Å². The minimum Gasteiger partial charge on any atom is -0.395 e. The monoisotopic (exact) mass is 363 g/mol. The number of aliphatic hydroxyl groups excluding tert-OH is 1. The Hall–Kier alpha value is -1.34. The van der Waals surface area contributed by atoms with E-state index < -0.39 is 0 Å². The van der Waals surface area contributed by atoms with Gasteiger partial charge in [0.05, 0.1) is 11.5 Å². The highest BCUT2D eigenvalue weighted by Crippen LogP contribution is 2.26. The summed E-state index contributed by atoms with van der Waals surface area (Å²) in [5.74, 6) is 0.425. The highest BCUT2D eigenvalue weighted by atomic mass is 32.2. The van der Waals surface area contributed by atoms with E-state index in [0.717, 1.165) is 30.1 Å². The van der Waals surface area contributed by atoms with Gasteiger partial charge in [-0.15, -0.1) is 23.1 Å². The van der Waals surface area contributed by atoms with E-state index >= 15 is 0 Å². The molecular formula is C18H25N3OS2. The first-order valence-corrected chi connectivity index (χ1v) is 10.2. The molecule has 0 unspecified atom stereocenters. The number of nitrogens with one attached hydrogen (secondary N) is 2. The van der Waals surface area contributed by atoms with Gasteiger partial charge in [-0.1, -0.05) is 13.0 Å². The van der Waals surface area contributed by atoms with Gasteiger partial charge in [0, 0.05) is 23.7 Å². The van der Waals surface area contributed by atoms with Crippen LogP contribution >= 0.6 is 23.1 Å². The van der Waals surface area contributed by atoms with Crippen molar-refractivity contribution in [2.75, 3.05) is 31.3 Å². The molecule has 3 N–H and O–H groups in total. The minimum absolute atomic E-state index is 0.176. The molecule has 0 aliphatic heterocycles. The molecule has 1 aromatic carbocycles. The van der Waals surface area contributed by atoms with Crippen molar-refractivity contribution in [1.82, 2.24) is 4.90 Å². The molecule has 24 heavy (non-hydrogen) atoms. The molecule has 0 aliphatic carbocycles. The Kier molecular flexibility index (Phi) is 7.78. The number of anilines is 1. The summed E-state index contributed by atoms with van der Waals surface area (Å²) in [6.45, 7) is 4.80. The first-order valence-electron chi connectivity index (χ1n) is 8.07. The maximum Gasteiger partial charge on any atom is 0.140 e. The fraction of sp³-hybridized carbons (Fsp3) is 0.389. The van der Waals surface area contributed by atoms with Gasteiger partial charge >= 0.3 is 0 Å². The van der Waals surface area contributed by atoms with Gasteiger partial charge in [0.2, 0.25) is 0 Å². The summed E-state index contributed by atoms with van der Waals surface area (Å²) in [5, 5.41) is 22.6. The fourth-order valence-corrected chi connectivity index (χ4v) is 3.79. The van der Waals surface area contributed by atoms with Gasteiger partial charge in [0.15, 0.2) is 0 Å². The Bertz CT molecular complexity index is 638. The molecule has 2 rings (SSSR count). The van der Waals surface area contributed by atoms with Crippen LogP contribution in [0.15, 0.2) is 40.6 Å². The molecule has 4 nitrogen and oxygen atoms in total. The summed E-state index contributed by atoms with van der Waals surface area (Å²) >= 11 is 3.29. The van der Waals surface area contributed by atoms with Crippen molar-refractivity contribution in [3.63, 3.8) is 0 Å². The van der Waals surface area contributed by atoms with Crippen LogP contribution in [0.2, 0.25) is 0 Å². The first kappa shape index (κ1) is 19.0. The van der Waals surface area contributed by atoms with E-state index in [1.807, 2.05) is 23.6 Å². The van der Waals surface area contributed by atoms with Gasteiger partial charge in [-0.05, 0) is 54.4 Å². The SMILES string of the molecule is CCCN(CCO)Cc1cc(NC(=N)c2cccs2)ccc1SC. The summed E-state index contributed by atoms with van der Waals surface area (Å²) in [6.07, 6.45) is 3.14. The number of thioether (sulfide) groups is 1. The van der Waals surface area contributed by atoms with Crippen LogP contribution in [-0.2, 0) is 6.54 Å². The fourth-order valence-electron chi connectivity index (χ4n) is 2.58. The molecule has 2 aromatic rings. The van der Waals surface area contributed by atoms with Crippen LogP contribution < -0.4 is 5.32 Å². The number of amidine groups is 1. The number of hydrogen-bond acceptors (Lipinski definition) is 5. The second kappa shape index (κ2) is 9.84. The summed E-state index contributed by atoms with van der Waals surface area (Å²) in [5.41, 5.74) is 2.16. The third-order valence-corrected chi connectivity index (χ3v) is 5.39. The zero-order chi connectivity index (χ0) is 17.4. The van der Waals surface area contributed by atoms with Crippen LogP contribution in [-0.4, -0.2) is 41.8 Å². The number of thiophene rings is 1. The second-order valence-electron chi connectivity index (χ2n) is 5.50. The van der Waals surface area contributed by atoms with E-state index in [-0.39, 0.29) is 6.61 Å². The van der Waals surface area contributed by atoms with Gasteiger partial charge in [0.1, 0.15) is 5.84 Å². The van der Waals surface area contributed by atoms with Crippen molar-refractivity contribution in [2.45, 2.75) is 24.8 Å². The average Bonchev–Trinajstić information content (AvgIpc) is 3.10. The van der Waals surface area contributed by atoms with E-state index in [1.165, 1.54) is 10.5 Å². The number of nitrogens with zero attached hydrogens (tertiary/aromatic N) is 1. The largest absolute Gasteiger partial charge is 0.395 e. The predicted molar refractivity (Wildman–Crippen MR) is 106 cm³/mol. The topological polar surface area (TPSA) is 59.4 Å². The molecule has 1 aromatic heterocycles. The standard InChI is InChI=1S/C18H25N3OS2/c1-3-8-21(9-10-22)13-14-12-15(6-7-16(14)23-2)20-18(19)17-5-4-11-24-17/h4-7,11-12,22H,3,8-10,13H2,1-2H3,(H2,19,20). The molecule has 0 saturated carbocycles. The number of hydrogen-bond donors (Lipinski definition) is 3. The molecule has 130 valence electrons. The molecule has 0 bridgehead atoms. The third kappa shape index (κ3) is 5.34. The van der Waals surface area contributed by atoms with Crippen molar-refractivity contribution in [3.8, 4) is 0 Å². The summed E-state index contributed by atoms with van der Waals surface area (Å²) < 4.78 is 0. The van der Waals surface area contributed by atoms with Gasteiger partial charge in [-0.25, -0.2) is 0 Å². The van der Waals surface area contributed by atoms with Crippen LogP contribution in [0.25, 0.3) is 0 Å². The van der Waals surface area contributed by atoms with Gasteiger partial charge < -0.3 is 10.4 Å². The van der Waals surface area contributed by atoms with E-state index in [1.54, 1.807) is 23.1 Å². The maximum atomic E-state index is 9.26. The Balaban J connectivity index is 2.15. The second-order valence-corrected chi connectivity index (χ2v) is 7.30. The Morgan fingerprint density at radius 3 is 2.79 bits per heavy atom. The van der Waals surface area contributed by atoms with E-state index in [0.29, 0.717) is 12.4 Å². The third-order valence-electron chi connectivity index (χ3n) is 3.67. The molecule has 6 heteroatoms. The summed E-state index contributed by atoms with van der Waals surface area (Å²) in [6, 6.07) is 10.1. The van der Waals surface area contributed by atoms with E-state index in [9.17, 15) is 5.11 Å². The molecule has 0 radical (unpaired) electrons. The number of benzene rings is 1. The lowest BCUT2D eigenvalue weighted by molar-refractivity contribution is 0.189. The Labute approximate surface area is 152 Å². The number of aliphatic hydroxyl groups is 1. The Morgan fingerprint density at radius 1 is 1.33 bits per heavy atom. The zero-order valence-corrected chi connectivity index (χ0v) is 15.8. The summed E-state index contributed by atoms with van der Waals surface area (Å²) in [4.78, 5) is 4.43. The van der Waals surface area contributed by atoms with E-state index in [4.69, 9.17) is 5.41 Å². The van der Waals surface area contributed by atoms with Crippen molar-refractivity contribution < 1.29 is 5.11 Å². The van der Waals surface area contributed by atoms with Crippen molar-refractivity contribution in [1.29, 1.82) is 5.41 Å². The molecule has 0 amide bonds. The quantitative estimate of drug-likeness (QED) is 0.356. The van der Waals surface area contributed by atoms with Gasteiger partial charge in [0.25, 0.3) is 0 Å². The van der Waals surface area contributed by atoms with Crippen LogP contribution in [0.4, 0.5) is 5.69 Å². The zero-order valence-electron chi connectivity index (χ0n) is 14.2. The van der Waals surface area contributed by atoms with Crippen molar-refractivity contribution >= 4 is 34.6 Å². The van der Waals surface area contributed by atoms with Crippen LogP contribution in [0, 0.1) is 5.41 Å². The molecule has 0 aliphatic rings. The van der Waals surface area contributed by atoms with Gasteiger partial charge in [-0.3, -0.25) is 10.3 Å². The lowest BCUT2D eigenvalue weighted by Gasteiger charge is -2.22. The Morgan fingerprint density at radius 2 is 2.17 bits per heavy atom. The smallest absolute Gasteiger partial charge is 0.140 e. The molecule has 0 fully saturated rings. The van der Waals surface area contributed by atoms with E-state index in [2.05, 4.69) is 35.5 Å². The number of rotatable bonds is 9. The van der Waals surface area contributed by atoms with Gasteiger partial charge in [-0.2, -0.15) is 0 Å². The molecule has 0 atom stereocenters. The lowest BCUT2D eigenvalue weighted by Crippen LogP contribution is -2.27. The minimum atomic E-state index is 0.176. The molecule has 0 saturated heterocycles. The predicted octanol–water partition coefficient (Wildman–Crippen LogP) is 4.11. The first-order chi connectivity index (χ1) is 11.7. The normalized spacial score (nSPS) is 11.0. The van der Waals surface area contributed by atoms with Crippen LogP contribution in [0.5, 0.6) is 0 Å². The summed E-state index contributed by atoms with van der Waals surface area (Å²) in [7, 11) is 0. The molecular weight excluding hydrogens is 338 g/mol. The molecule has 0 spiro atoms. The lowest BCUT2D eigenvalue weighted by atomic mass is 10.1. The molecule has 1 heterocycles. The maximum absolute atomic E-state index is 9.26. The highest BCUT2D eigenvalue weighted by molar-refractivity contribution is 7.98. The van der Waals surface area contributed by atoms with Crippen LogP contribution in [0.1, 0.15) is 23.8 Å².